The van der Waals surface area contributed by atoms with Crippen molar-refractivity contribution < 1.29 is 4.79 Å². The average molecular weight is 344 g/mol. The molecule has 0 atom stereocenters. The first kappa shape index (κ1) is 18.8. The fourth-order valence-electron chi connectivity index (χ4n) is 2.59. The lowest BCUT2D eigenvalue weighted by molar-refractivity contribution is -0.122. The van der Waals surface area contributed by atoms with E-state index < -0.39 is 0 Å². The summed E-state index contributed by atoms with van der Waals surface area (Å²) in [5, 5.41) is 6.20. The molecular weight excluding hydrogens is 316 g/mol. The summed E-state index contributed by atoms with van der Waals surface area (Å²) in [5.74, 6) is 0.610. The topological polar surface area (TPSA) is 74.0 Å². The van der Waals surface area contributed by atoms with Gasteiger partial charge in [0.1, 0.15) is 5.65 Å². The number of aliphatic imine (C=N–C) groups is 1. The summed E-state index contributed by atoms with van der Waals surface area (Å²) in [7, 11) is 3.54. The van der Waals surface area contributed by atoms with Crippen LogP contribution in [0.15, 0.2) is 29.4 Å². The van der Waals surface area contributed by atoms with Crippen LogP contribution in [0, 0.1) is 6.92 Å². The van der Waals surface area contributed by atoms with Crippen LogP contribution in [0.3, 0.4) is 0 Å². The maximum Gasteiger partial charge on any atom is 0.240 e. The molecule has 0 spiro atoms. The van der Waals surface area contributed by atoms with Crippen molar-refractivity contribution in [2.75, 3.05) is 20.6 Å². The molecule has 0 aliphatic heterocycles. The molecule has 0 bridgehead atoms. The molecule has 0 saturated heterocycles. The van der Waals surface area contributed by atoms with Crippen molar-refractivity contribution in [2.45, 2.75) is 39.8 Å². The lowest BCUT2D eigenvalue weighted by Gasteiger charge is -2.25. The second-order valence-corrected chi connectivity index (χ2v) is 7.18. The molecule has 7 nitrogen and oxygen atoms in total. The van der Waals surface area contributed by atoms with E-state index in [4.69, 9.17) is 0 Å². The van der Waals surface area contributed by atoms with Crippen LogP contribution in [0.4, 0.5) is 0 Å². The largest absolute Gasteiger partial charge is 0.351 e. The SMILES string of the molecule is CN=C(NCc1cn2c(C)cccc2n1)N(C)CC(=O)NC(C)(C)C. The molecule has 2 aromatic rings. The zero-order chi connectivity index (χ0) is 18.6. The lowest BCUT2D eigenvalue weighted by atomic mass is 10.1. The molecular formula is C18H28N6O. The Kier molecular flexibility index (Phi) is 5.66. The third-order valence-electron chi connectivity index (χ3n) is 3.64. The highest BCUT2D eigenvalue weighted by Crippen LogP contribution is 2.08. The lowest BCUT2D eigenvalue weighted by Crippen LogP contribution is -2.48. The van der Waals surface area contributed by atoms with Crippen LogP contribution in [-0.4, -0.2) is 52.3 Å². The molecule has 2 rings (SSSR count). The summed E-state index contributed by atoms with van der Waals surface area (Å²) >= 11 is 0. The van der Waals surface area contributed by atoms with Crippen molar-refractivity contribution >= 4 is 17.5 Å². The highest BCUT2D eigenvalue weighted by molar-refractivity contribution is 5.86. The molecule has 0 fully saturated rings. The number of rotatable bonds is 4. The third-order valence-corrected chi connectivity index (χ3v) is 3.64. The van der Waals surface area contributed by atoms with Gasteiger partial charge in [-0.3, -0.25) is 9.79 Å². The zero-order valence-electron chi connectivity index (χ0n) is 15.9. The Morgan fingerprint density at radius 2 is 2.08 bits per heavy atom. The Bertz CT molecular complexity index is 771. The van der Waals surface area contributed by atoms with E-state index in [9.17, 15) is 4.79 Å². The molecule has 2 heterocycles. The number of guanidine groups is 1. The quantitative estimate of drug-likeness (QED) is 0.652. The van der Waals surface area contributed by atoms with Crippen LogP contribution in [0.2, 0.25) is 0 Å². The van der Waals surface area contributed by atoms with Crippen molar-refractivity contribution in [1.82, 2.24) is 24.9 Å². The number of fused-ring (bicyclic) bond motifs is 1. The molecule has 25 heavy (non-hydrogen) atoms. The molecule has 7 heteroatoms. The van der Waals surface area contributed by atoms with E-state index in [0.717, 1.165) is 17.0 Å². The van der Waals surface area contributed by atoms with Gasteiger partial charge < -0.3 is 19.9 Å². The summed E-state index contributed by atoms with van der Waals surface area (Å²) in [6.45, 7) is 8.71. The van der Waals surface area contributed by atoms with Gasteiger partial charge >= 0.3 is 0 Å². The number of aryl methyl sites for hydroxylation is 1. The van der Waals surface area contributed by atoms with E-state index in [-0.39, 0.29) is 18.0 Å². The molecule has 1 amide bonds. The third kappa shape index (κ3) is 5.20. The van der Waals surface area contributed by atoms with Gasteiger partial charge in [0.15, 0.2) is 5.96 Å². The summed E-state index contributed by atoms with van der Waals surface area (Å²) in [4.78, 5) is 22.7. The van der Waals surface area contributed by atoms with Crippen LogP contribution in [-0.2, 0) is 11.3 Å². The number of amides is 1. The molecule has 0 aromatic carbocycles. The first-order valence-corrected chi connectivity index (χ1v) is 8.36. The molecule has 2 N–H and O–H groups in total. The van der Waals surface area contributed by atoms with Crippen molar-refractivity contribution in [3.63, 3.8) is 0 Å². The number of carbonyl (C=O) groups excluding carboxylic acids is 1. The minimum Gasteiger partial charge on any atom is -0.351 e. The number of aromatic nitrogens is 2. The van der Waals surface area contributed by atoms with E-state index in [1.54, 1.807) is 11.9 Å². The van der Waals surface area contributed by atoms with E-state index in [1.807, 2.05) is 59.1 Å². The van der Waals surface area contributed by atoms with Gasteiger partial charge in [0.2, 0.25) is 5.91 Å². The van der Waals surface area contributed by atoms with Crippen molar-refractivity contribution in [1.29, 1.82) is 0 Å². The molecule has 0 radical (unpaired) electrons. The van der Waals surface area contributed by atoms with Gasteiger partial charge in [-0.05, 0) is 39.8 Å². The van der Waals surface area contributed by atoms with Crippen molar-refractivity contribution in [2.24, 2.45) is 4.99 Å². The van der Waals surface area contributed by atoms with Gasteiger partial charge in [-0.15, -0.1) is 0 Å². The van der Waals surface area contributed by atoms with Crippen LogP contribution in [0.5, 0.6) is 0 Å². The minimum atomic E-state index is -0.247. The molecule has 136 valence electrons. The fraction of sp³-hybridized carbons (Fsp3) is 0.500. The monoisotopic (exact) mass is 344 g/mol. The minimum absolute atomic E-state index is 0.0405. The fourth-order valence-corrected chi connectivity index (χ4v) is 2.59. The standard InChI is InChI=1S/C18H28N6O/c1-13-8-7-9-15-21-14(11-24(13)15)10-20-17(19-5)23(6)12-16(25)22-18(2,3)4/h7-9,11H,10,12H2,1-6H3,(H,19,20)(H,22,25). The predicted molar refractivity (Wildman–Crippen MR) is 101 cm³/mol. The van der Waals surface area contributed by atoms with Gasteiger partial charge in [0.25, 0.3) is 0 Å². The van der Waals surface area contributed by atoms with Crippen LogP contribution >= 0.6 is 0 Å². The summed E-state index contributed by atoms with van der Waals surface area (Å²) in [5.41, 5.74) is 2.73. The number of likely N-dealkylation sites (N-methyl/N-ethyl adjacent to an activating group) is 1. The van der Waals surface area contributed by atoms with E-state index in [2.05, 4.69) is 25.0 Å². The number of imidazole rings is 1. The second kappa shape index (κ2) is 7.55. The Balaban J connectivity index is 1.97. The van der Waals surface area contributed by atoms with Gasteiger partial charge in [-0.1, -0.05) is 6.07 Å². The van der Waals surface area contributed by atoms with Gasteiger partial charge in [0.05, 0.1) is 18.8 Å². The Labute approximate surface area is 149 Å². The number of pyridine rings is 1. The molecule has 0 saturated carbocycles. The Morgan fingerprint density at radius 3 is 2.68 bits per heavy atom. The van der Waals surface area contributed by atoms with Crippen LogP contribution in [0.25, 0.3) is 5.65 Å². The maximum atomic E-state index is 12.1. The van der Waals surface area contributed by atoms with Crippen molar-refractivity contribution in [3.05, 3.63) is 35.8 Å². The van der Waals surface area contributed by atoms with E-state index in [0.29, 0.717) is 12.5 Å². The summed E-state index contributed by atoms with van der Waals surface area (Å²) in [6, 6.07) is 6.02. The van der Waals surface area contributed by atoms with Crippen LogP contribution in [0.1, 0.15) is 32.2 Å². The number of nitrogens with one attached hydrogen (secondary N) is 2. The highest BCUT2D eigenvalue weighted by Gasteiger charge is 2.16. The highest BCUT2D eigenvalue weighted by atomic mass is 16.2. The first-order valence-electron chi connectivity index (χ1n) is 8.36. The summed E-state index contributed by atoms with van der Waals surface area (Å²) in [6.07, 6.45) is 2.01. The second-order valence-electron chi connectivity index (χ2n) is 7.18. The average Bonchev–Trinajstić information content (AvgIpc) is 2.90. The Morgan fingerprint density at radius 1 is 1.36 bits per heavy atom. The van der Waals surface area contributed by atoms with E-state index >= 15 is 0 Å². The summed E-state index contributed by atoms with van der Waals surface area (Å²) < 4.78 is 2.06. The number of hydrogen-bond donors (Lipinski definition) is 2. The predicted octanol–water partition coefficient (Wildman–Crippen LogP) is 1.56. The van der Waals surface area contributed by atoms with Gasteiger partial charge in [-0.2, -0.15) is 0 Å². The maximum absolute atomic E-state index is 12.1. The Hall–Kier alpha value is -2.57. The number of carbonyl (C=O) groups is 1. The van der Waals surface area contributed by atoms with Gasteiger partial charge in [0, 0.05) is 31.5 Å². The molecule has 2 aromatic heterocycles. The molecule has 0 aliphatic rings. The van der Waals surface area contributed by atoms with Gasteiger partial charge in [-0.25, -0.2) is 4.98 Å². The zero-order valence-corrected chi connectivity index (χ0v) is 15.9. The van der Waals surface area contributed by atoms with Crippen molar-refractivity contribution in [3.8, 4) is 0 Å². The molecule has 0 unspecified atom stereocenters. The smallest absolute Gasteiger partial charge is 0.240 e. The molecule has 0 aliphatic carbocycles. The number of nitrogens with zero attached hydrogens (tertiary/aromatic N) is 4. The number of hydrogen-bond acceptors (Lipinski definition) is 3. The van der Waals surface area contributed by atoms with Crippen LogP contribution < -0.4 is 10.6 Å². The van der Waals surface area contributed by atoms with E-state index in [1.165, 1.54) is 0 Å². The first-order chi connectivity index (χ1) is 11.7. The normalized spacial score (nSPS) is 12.3.